The number of aromatic hydroxyl groups is 1. The van der Waals surface area contributed by atoms with Crippen LogP contribution in [-0.4, -0.2) is 22.9 Å². The third-order valence-corrected chi connectivity index (χ3v) is 3.40. The van der Waals surface area contributed by atoms with Crippen molar-refractivity contribution in [2.24, 2.45) is 0 Å². The number of nitrogens with one attached hydrogen (secondary N) is 1. The van der Waals surface area contributed by atoms with Gasteiger partial charge in [-0.15, -0.1) is 0 Å². The Kier molecular flexibility index (Phi) is 5.16. The second-order valence-corrected chi connectivity index (χ2v) is 5.05. The molecule has 0 radical (unpaired) electrons. The van der Waals surface area contributed by atoms with Gasteiger partial charge in [0.1, 0.15) is 5.75 Å². The molecule has 0 saturated carbocycles. The van der Waals surface area contributed by atoms with Gasteiger partial charge in [0.2, 0.25) is 0 Å². The van der Waals surface area contributed by atoms with Gasteiger partial charge in [0.15, 0.2) is 0 Å². The number of rotatable bonds is 6. The third-order valence-electron chi connectivity index (χ3n) is 3.40. The molecule has 2 atom stereocenters. The zero-order valence-electron chi connectivity index (χ0n) is 11.7. The van der Waals surface area contributed by atoms with Crippen molar-refractivity contribution in [3.8, 4) is 5.75 Å². The molecule has 3 nitrogen and oxygen atoms in total. The van der Waals surface area contributed by atoms with Gasteiger partial charge in [-0.1, -0.05) is 42.5 Å². The Morgan fingerprint density at radius 1 is 1.05 bits per heavy atom. The fourth-order valence-electron chi connectivity index (χ4n) is 2.32. The molecule has 0 aromatic heterocycles. The molecule has 2 aromatic carbocycles. The first-order valence-corrected chi connectivity index (χ1v) is 6.89. The van der Waals surface area contributed by atoms with E-state index in [0.29, 0.717) is 0 Å². The first-order chi connectivity index (χ1) is 9.69. The van der Waals surface area contributed by atoms with Gasteiger partial charge in [0, 0.05) is 12.1 Å². The van der Waals surface area contributed by atoms with Crippen molar-refractivity contribution >= 4 is 0 Å². The van der Waals surface area contributed by atoms with Crippen LogP contribution in [0.4, 0.5) is 0 Å². The largest absolute Gasteiger partial charge is 0.508 e. The topological polar surface area (TPSA) is 52.5 Å². The molecule has 2 rings (SSSR count). The number of aliphatic hydroxyl groups excluding tert-OH is 1. The molecule has 0 bridgehead atoms. The van der Waals surface area contributed by atoms with E-state index in [4.69, 9.17) is 0 Å². The van der Waals surface area contributed by atoms with Crippen LogP contribution in [0.1, 0.15) is 24.1 Å². The SMILES string of the molecule is CC(N[C@H](CO)Cc1ccccc1)c1cccc(O)c1. The summed E-state index contributed by atoms with van der Waals surface area (Å²) in [5, 5.41) is 22.4. The van der Waals surface area contributed by atoms with Crippen LogP contribution in [0.15, 0.2) is 54.6 Å². The predicted molar refractivity (Wildman–Crippen MR) is 80.7 cm³/mol. The minimum atomic E-state index is -0.00486. The van der Waals surface area contributed by atoms with Gasteiger partial charge in [0.25, 0.3) is 0 Å². The highest BCUT2D eigenvalue weighted by Gasteiger charge is 2.13. The zero-order valence-corrected chi connectivity index (χ0v) is 11.7. The Labute approximate surface area is 119 Å². The minimum Gasteiger partial charge on any atom is -0.508 e. The number of phenols is 1. The van der Waals surface area contributed by atoms with Crippen LogP contribution in [0.25, 0.3) is 0 Å². The van der Waals surface area contributed by atoms with Gasteiger partial charge in [-0.2, -0.15) is 0 Å². The van der Waals surface area contributed by atoms with Crippen LogP contribution < -0.4 is 5.32 Å². The zero-order chi connectivity index (χ0) is 14.4. The highest BCUT2D eigenvalue weighted by atomic mass is 16.3. The smallest absolute Gasteiger partial charge is 0.115 e. The maximum atomic E-state index is 9.53. The Morgan fingerprint density at radius 3 is 2.45 bits per heavy atom. The van der Waals surface area contributed by atoms with Crippen molar-refractivity contribution in [3.63, 3.8) is 0 Å². The molecule has 2 aromatic rings. The lowest BCUT2D eigenvalue weighted by atomic mass is 10.0. The summed E-state index contributed by atoms with van der Waals surface area (Å²) in [6, 6.07) is 17.4. The quantitative estimate of drug-likeness (QED) is 0.757. The maximum Gasteiger partial charge on any atom is 0.115 e. The highest BCUT2D eigenvalue weighted by Crippen LogP contribution is 2.18. The van der Waals surface area contributed by atoms with Crippen LogP contribution in [0.2, 0.25) is 0 Å². The van der Waals surface area contributed by atoms with E-state index in [-0.39, 0.29) is 24.4 Å². The fourth-order valence-corrected chi connectivity index (χ4v) is 2.32. The van der Waals surface area contributed by atoms with Gasteiger partial charge in [-0.3, -0.25) is 0 Å². The van der Waals surface area contributed by atoms with E-state index in [1.54, 1.807) is 12.1 Å². The normalized spacial score (nSPS) is 13.9. The van der Waals surface area contributed by atoms with Crippen molar-refractivity contribution in [2.75, 3.05) is 6.61 Å². The molecular formula is C17H21NO2. The summed E-state index contributed by atoms with van der Waals surface area (Å²) < 4.78 is 0. The predicted octanol–water partition coefficient (Wildman–Crippen LogP) is 2.65. The van der Waals surface area contributed by atoms with Gasteiger partial charge in [0.05, 0.1) is 6.61 Å². The Bertz CT molecular complexity index is 528. The van der Waals surface area contributed by atoms with E-state index in [1.165, 1.54) is 5.56 Å². The van der Waals surface area contributed by atoms with Crippen molar-refractivity contribution in [1.82, 2.24) is 5.32 Å². The summed E-state index contributed by atoms with van der Waals surface area (Å²) in [5.74, 6) is 0.264. The molecule has 0 aliphatic heterocycles. The average molecular weight is 271 g/mol. The number of hydrogen-bond donors (Lipinski definition) is 3. The molecule has 1 unspecified atom stereocenters. The van der Waals surface area contributed by atoms with Crippen molar-refractivity contribution in [2.45, 2.75) is 25.4 Å². The van der Waals surface area contributed by atoms with E-state index in [1.807, 2.05) is 37.3 Å². The third kappa shape index (κ3) is 4.08. The molecule has 0 fully saturated rings. The van der Waals surface area contributed by atoms with Crippen molar-refractivity contribution in [3.05, 3.63) is 65.7 Å². The second-order valence-electron chi connectivity index (χ2n) is 5.05. The fraction of sp³-hybridized carbons (Fsp3) is 0.294. The molecule has 3 N–H and O–H groups in total. The summed E-state index contributed by atoms with van der Waals surface area (Å²) in [6.45, 7) is 2.11. The van der Waals surface area contributed by atoms with Crippen molar-refractivity contribution in [1.29, 1.82) is 0 Å². The maximum absolute atomic E-state index is 9.53. The monoisotopic (exact) mass is 271 g/mol. The van der Waals surface area contributed by atoms with Crippen LogP contribution in [0.5, 0.6) is 5.75 Å². The molecule has 0 amide bonds. The first-order valence-electron chi connectivity index (χ1n) is 6.89. The van der Waals surface area contributed by atoms with Gasteiger partial charge in [-0.25, -0.2) is 0 Å². The van der Waals surface area contributed by atoms with E-state index in [0.717, 1.165) is 12.0 Å². The van der Waals surface area contributed by atoms with Crippen LogP contribution in [0.3, 0.4) is 0 Å². The van der Waals surface area contributed by atoms with Crippen LogP contribution >= 0.6 is 0 Å². The van der Waals surface area contributed by atoms with E-state index >= 15 is 0 Å². The molecular weight excluding hydrogens is 250 g/mol. The highest BCUT2D eigenvalue weighted by molar-refractivity contribution is 5.29. The average Bonchev–Trinajstić information content (AvgIpc) is 2.47. The summed E-state index contributed by atoms with van der Waals surface area (Å²) in [7, 11) is 0. The van der Waals surface area contributed by atoms with Crippen molar-refractivity contribution < 1.29 is 10.2 Å². The number of benzene rings is 2. The van der Waals surface area contributed by atoms with Crippen LogP contribution in [0, 0.1) is 0 Å². The second kappa shape index (κ2) is 7.08. The molecule has 20 heavy (non-hydrogen) atoms. The lowest BCUT2D eigenvalue weighted by Crippen LogP contribution is -2.36. The number of aliphatic hydroxyl groups is 1. The van der Waals surface area contributed by atoms with E-state index in [9.17, 15) is 10.2 Å². The Morgan fingerprint density at radius 2 is 1.80 bits per heavy atom. The summed E-state index contributed by atoms with van der Waals surface area (Å²) in [6.07, 6.45) is 0.778. The Balaban J connectivity index is 1.99. The van der Waals surface area contributed by atoms with E-state index < -0.39 is 0 Å². The molecule has 0 saturated heterocycles. The summed E-state index contributed by atoms with van der Waals surface area (Å²) in [5.41, 5.74) is 2.21. The molecule has 0 aliphatic rings. The molecule has 0 spiro atoms. The number of hydrogen-bond acceptors (Lipinski definition) is 3. The molecule has 0 heterocycles. The standard InChI is InChI=1S/C17H21NO2/c1-13(15-8-5-9-17(20)11-15)18-16(12-19)10-14-6-3-2-4-7-14/h2-9,11,13,16,18-20H,10,12H2,1H3/t13?,16-/m0/s1. The number of phenolic OH excluding ortho intramolecular Hbond substituents is 1. The minimum absolute atomic E-state index is 0.00486. The van der Waals surface area contributed by atoms with Gasteiger partial charge in [-0.05, 0) is 36.6 Å². The lowest BCUT2D eigenvalue weighted by Gasteiger charge is -2.22. The first kappa shape index (κ1) is 14.6. The van der Waals surface area contributed by atoms with Gasteiger partial charge >= 0.3 is 0 Å². The van der Waals surface area contributed by atoms with Crippen LogP contribution in [-0.2, 0) is 6.42 Å². The molecule has 106 valence electrons. The lowest BCUT2D eigenvalue weighted by molar-refractivity contribution is 0.232. The van der Waals surface area contributed by atoms with Gasteiger partial charge < -0.3 is 15.5 Å². The summed E-state index contributed by atoms with van der Waals surface area (Å²) in [4.78, 5) is 0. The summed E-state index contributed by atoms with van der Waals surface area (Å²) >= 11 is 0. The molecule has 3 heteroatoms. The van der Waals surface area contributed by atoms with E-state index in [2.05, 4.69) is 17.4 Å². The Hall–Kier alpha value is -1.84. The molecule has 0 aliphatic carbocycles.